The Labute approximate surface area is 113 Å². The van der Waals surface area contributed by atoms with Gasteiger partial charge in [0.25, 0.3) is 0 Å². The molecule has 0 fully saturated rings. The summed E-state index contributed by atoms with van der Waals surface area (Å²) in [4.78, 5) is 14.0. The van der Waals surface area contributed by atoms with E-state index in [2.05, 4.69) is 6.58 Å². The van der Waals surface area contributed by atoms with Crippen LogP contribution in [0.2, 0.25) is 0 Å². The molecular weight excluding hydrogens is 238 g/mol. The Hall–Kier alpha value is -2.29. The summed E-state index contributed by atoms with van der Waals surface area (Å²) >= 11 is 0. The number of amides is 1. The molecular formula is C16H17NO2. The van der Waals surface area contributed by atoms with Crippen LogP contribution in [0.15, 0.2) is 65.8 Å². The molecule has 0 unspecified atom stereocenters. The number of hydrogen-bond donors (Lipinski definition) is 0. The smallest absolute Gasteiger partial charge is 0.230 e. The van der Waals surface area contributed by atoms with Crippen LogP contribution in [-0.2, 0) is 17.8 Å². The highest BCUT2D eigenvalue weighted by Crippen LogP contribution is 2.08. The maximum Gasteiger partial charge on any atom is 0.230 e. The summed E-state index contributed by atoms with van der Waals surface area (Å²) in [6.45, 7) is 4.83. The van der Waals surface area contributed by atoms with Gasteiger partial charge in [0.1, 0.15) is 5.76 Å². The van der Waals surface area contributed by atoms with Gasteiger partial charge in [-0.15, -0.1) is 6.58 Å². The van der Waals surface area contributed by atoms with Crippen LogP contribution < -0.4 is 0 Å². The van der Waals surface area contributed by atoms with E-state index in [0.29, 0.717) is 18.8 Å². The zero-order chi connectivity index (χ0) is 13.5. The van der Waals surface area contributed by atoms with Gasteiger partial charge in [-0.2, -0.15) is 0 Å². The van der Waals surface area contributed by atoms with E-state index in [4.69, 9.17) is 4.42 Å². The molecule has 2 rings (SSSR count). The number of rotatable bonds is 6. The van der Waals surface area contributed by atoms with Gasteiger partial charge >= 0.3 is 0 Å². The summed E-state index contributed by atoms with van der Waals surface area (Å²) in [6, 6.07) is 13.5. The van der Waals surface area contributed by atoms with Gasteiger partial charge in [-0.1, -0.05) is 36.4 Å². The second-order valence-electron chi connectivity index (χ2n) is 4.30. The molecule has 1 amide bonds. The first-order chi connectivity index (χ1) is 9.29. The molecule has 19 heavy (non-hydrogen) atoms. The van der Waals surface area contributed by atoms with E-state index in [1.165, 1.54) is 0 Å². The summed E-state index contributed by atoms with van der Waals surface area (Å²) in [5.41, 5.74) is 1.11. The largest absolute Gasteiger partial charge is 0.469 e. The Morgan fingerprint density at radius 2 is 2.00 bits per heavy atom. The second kappa shape index (κ2) is 6.59. The van der Waals surface area contributed by atoms with Crippen molar-refractivity contribution in [2.24, 2.45) is 0 Å². The average molecular weight is 255 g/mol. The Kier molecular flexibility index (Phi) is 4.56. The lowest BCUT2D eigenvalue weighted by Gasteiger charge is -2.20. The number of benzene rings is 1. The first-order valence-electron chi connectivity index (χ1n) is 6.24. The fraction of sp³-hybridized carbons (Fsp3) is 0.188. The molecule has 3 nitrogen and oxygen atoms in total. The van der Waals surface area contributed by atoms with Gasteiger partial charge in [-0.3, -0.25) is 4.79 Å². The number of hydrogen-bond acceptors (Lipinski definition) is 2. The Morgan fingerprint density at radius 3 is 2.63 bits per heavy atom. The highest BCUT2D eigenvalue weighted by atomic mass is 16.3. The molecule has 3 heteroatoms. The topological polar surface area (TPSA) is 33.5 Å². The van der Waals surface area contributed by atoms with Crippen LogP contribution in [0.3, 0.4) is 0 Å². The van der Waals surface area contributed by atoms with Crippen LogP contribution in [0, 0.1) is 0 Å². The van der Waals surface area contributed by atoms with Crippen molar-refractivity contribution in [2.45, 2.75) is 13.0 Å². The van der Waals surface area contributed by atoms with Gasteiger partial charge in [-0.25, -0.2) is 0 Å². The van der Waals surface area contributed by atoms with E-state index < -0.39 is 0 Å². The van der Waals surface area contributed by atoms with Crippen molar-refractivity contribution in [3.05, 3.63) is 72.7 Å². The molecule has 0 saturated carbocycles. The monoisotopic (exact) mass is 255 g/mol. The van der Waals surface area contributed by atoms with Crippen molar-refractivity contribution in [1.29, 1.82) is 0 Å². The summed E-state index contributed by atoms with van der Waals surface area (Å²) < 4.78 is 5.21. The highest BCUT2D eigenvalue weighted by Gasteiger charge is 2.14. The van der Waals surface area contributed by atoms with E-state index in [0.717, 1.165) is 5.56 Å². The summed E-state index contributed by atoms with van der Waals surface area (Å²) in [6.07, 6.45) is 3.61. The molecule has 0 spiro atoms. The standard InChI is InChI=1S/C16H17NO2/c1-2-10-17(13-14-7-4-3-5-8-14)16(18)12-15-9-6-11-19-15/h2-9,11H,1,10,12-13H2. The molecule has 0 bridgehead atoms. The number of nitrogens with zero attached hydrogens (tertiary/aromatic N) is 1. The zero-order valence-electron chi connectivity index (χ0n) is 10.8. The van der Waals surface area contributed by atoms with Crippen LogP contribution in [0.5, 0.6) is 0 Å². The van der Waals surface area contributed by atoms with Crippen LogP contribution in [-0.4, -0.2) is 17.4 Å². The van der Waals surface area contributed by atoms with Gasteiger partial charge in [0.15, 0.2) is 0 Å². The third kappa shape index (κ3) is 3.85. The Balaban J connectivity index is 2.02. The van der Waals surface area contributed by atoms with Crippen LogP contribution in [0.25, 0.3) is 0 Å². The third-order valence-corrected chi connectivity index (χ3v) is 2.82. The summed E-state index contributed by atoms with van der Waals surface area (Å²) in [5, 5.41) is 0. The molecule has 0 atom stereocenters. The second-order valence-corrected chi connectivity index (χ2v) is 4.30. The minimum Gasteiger partial charge on any atom is -0.469 e. The predicted octanol–water partition coefficient (Wildman–Crippen LogP) is 3.04. The summed E-state index contributed by atoms with van der Waals surface area (Å²) in [5.74, 6) is 0.728. The van der Waals surface area contributed by atoms with Crippen LogP contribution in [0.1, 0.15) is 11.3 Å². The van der Waals surface area contributed by atoms with Crippen molar-refractivity contribution in [3.8, 4) is 0 Å². The normalized spacial score (nSPS) is 10.1. The molecule has 0 radical (unpaired) electrons. The minimum absolute atomic E-state index is 0.0405. The van der Waals surface area contributed by atoms with E-state index in [1.54, 1.807) is 23.3 Å². The molecule has 0 saturated heterocycles. The fourth-order valence-electron chi connectivity index (χ4n) is 1.89. The molecule has 0 aliphatic rings. The van der Waals surface area contributed by atoms with E-state index >= 15 is 0 Å². The van der Waals surface area contributed by atoms with Gasteiger partial charge in [0.05, 0.1) is 12.7 Å². The first kappa shape index (κ1) is 13.1. The van der Waals surface area contributed by atoms with Crippen molar-refractivity contribution >= 4 is 5.91 Å². The van der Waals surface area contributed by atoms with E-state index in [9.17, 15) is 4.79 Å². The van der Waals surface area contributed by atoms with Crippen molar-refractivity contribution in [1.82, 2.24) is 4.90 Å². The number of carbonyl (C=O) groups excluding carboxylic acids is 1. The van der Waals surface area contributed by atoms with Crippen molar-refractivity contribution in [3.63, 3.8) is 0 Å². The lowest BCUT2D eigenvalue weighted by molar-refractivity contribution is -0.130. The number of carbonyl (C=O) groups is 1. The summed E-state index contributed by atoms with van der Waals surface area (Å²) in [7, 11) is 0. The van der Waals surface area contributed by atoms with E-state index in [1.807, 2.05) is 36.4 Å². The fourth-order valence-corrected chi connectivity index (χ4v) is 1.89. The molecule has 98 valence electrons. The lowest BCUT2D eigenvalue weighted by Crippen LogP contribution is -2.31. The van der Waals surface area contributed by atoms with Crippen LogP contribution >= 0.6 is 0 Å². The minimum atomic E-state index is 0.0405. The Morgan fingerprint density at radius 1 is 1.21 bits per heavy atom. The van der Waals surface area contributed by atoms with Crippen molar-refractivity contribution < 1.29 is 9.21 Å². The van der Waals surface area contributed by atoms with Gasteiger partial charge < -0.3 is 9.32 Å². The van der Waals surface area contributed by atoms with Crippen molar-refractivity contribution in [2.75, 3.05) is 6.54 Å². The van der Waals surface area contributed by atoms with Gasteiger partial charge in [0, 0.05) is 13.1 Å². The molecule has 1 heterocycles. The molecule has 0 aliphatic heterocycles. The molecule has 1 aromatic heterocycles. The Bertz CT molecular complexity index is 517. The first-order valence-corrected chi connectivity index (χ1v) is 6.24. The zero-order valence-corrected chi connectivity index (χ0v) is 10.8. The van der Waals surface area contributed by atoms with Gasteiger partial charge in [-0.05, 0) is 17.7 Å². The predicted molar refractivity (Wildman–Crippen MR) is 74.5 cm³/mol. The number of furan rings is 1. The highest BCUT2D eigenvalue weighted by molar-refractivity contribution is 5.78. The van der Waals surface area contributed by atoms with E-state index in [-0.39, 0.29) is 12.3 Å². The third-order valence-electron chi connectivity index (χ3n) is 2.82. The molecule has 2 aromatic rings. The average Bonchev–Trinajstić information content (AvgIpc) is 2.92. The maximum absolute atomic E-state index is 12.2. The SMILES string of the molecule is C=CCN(Cc1ccccc1)C(=O)Cc1ccco1. The quantitative estimate of drug-likeness (QED) is 0.743. The van der Waals surface area contributed by atoms with Gasteiger partial charge in [0.2, 0.25) is 5.91 Å². The maximum atomic E-state index is 12.2. The van der Waals surface area contributed by atoms with Crippen LogP contribution in [0.4, 0.5) is 0 Å². The molecule has 1 aromatic carbocycles. The lowest BCUT2D eigenvalue weighted by atomic mass is 10.2. The molecule has 0 N–H and O–H groups in total. The molecule has 0 aliphatic carbocycles.